The summed E-state index contributed by atoms with van der Waals surface area (Å²) in [6.07, 6.45) is 0.847. The van der Waals surface area contributed by atoms with E-state index in [-0.39, 0.29) is 6.54 Å². The summed E-state index contributed by atoms with van der Waals surface area (Å²) >= 11 is 0. The van der Waals surface area contributed by atoms with Crippen LogP contribution in [0.25, 0.3) is 0 Å². The first-order valence-electron chi connectivity index (χ1n) is 6.03. The zero-order valence-corrected chi connectivity index (χ0v) is 10.8. The van der Waals surface area contributed by atoms with E-state index in [2.05, 4.69) is 5.32 Å². The third kappa shape index (κ3) is 4.66. The number of hydrogen-bond acceptors (Lipinski definition) is 5. The second-order valence-corrected chi connectivity index (χ2v) is 4.72. The van der Waals surface area contributed by atoms with E-state index >= 15 is 0 Å². The third-order valence-corrected chi connectivity index (χ3v) is 3.08. The van der Waals surface area contributed by atoms with Crippen molar-refractivity contribution in [3.8, 4) is 0 Å². The minimum atomic E-state index is -1.35. The monoisotopic (exact) mass is 276 g/mol. The summed E-state index contributed by atoms with van der Waals surface area (Å²) in [6.45, 7) is 0.258. The molecule has 0 radical (unpaired) electrons. The SMILES string of the molecule is CN(CC1(O)CCOCC1)C(=O)N[C@@H](CO)C(=O)O. The Balaban J connectivity index is 2.50. The molecule has 8 nitrogen and oxygen atoms in total. The summed E-state index contributed by atoms with van der Waals surface area (Å²) in [4.78, 5) is 23.6. The van der Waals surface area contributed by atoms with Crippen molar-refractivity contribution in [2.24, 2.45) is 0 Å². The molecule has 0 spiro atoms. The Hall–Kier alpha value is -1.38. The number of ether oxygens (including phenoxy) is 1. The van der Waals surface area contributed by atoms with Gasteiger partial charge in [0.25, 0.3) is 0 Å². The number of carbonyl (C=O) groups excluding carboxylic acids is 1. The predicted molar refractivity (Wildman–Crippen MR) is 64.7 cm³/mol. The molecule has 1 saturated heterocycles. The topological polar surface area (TPSA) is 119 Å². The van der Waals surface area contributed by atoms with Crippen LogP contribution in [-0.2, 0) is 9.53 Å². The summed E-state index contributed by atoms with van der Waals surface area (Å²) in [5.74, 6) is -1.31. The van der Waals surface area contributed by atoms with Gasteiger partial charge in [0, 0.05) is 33.1 Å². The predicted octanol–water partition coefficient (Wildman–Crippen LogP) is -1.39. The zero-order valence-electron chi connectivity index (χ0n) is 10.8. The lowest BCUT2D eigenvalue weighted by Crippen LogP contribution is -2.53. The molecular formula is C11H20N2O6. The highest BCUT2D eigenvalue weighted by atomic mass is 16.5. The van der Waals surface area contributed by atoms with E-state index in [1.54, 1.807) is 0 Å². The van der Waals surface area contributed by atoms with Gasteiger partial charge in [0.15, 0.2) is 6.04 Å². The van der Waals surface area contributed by atoms with Crippen LogP contribution in [0.3, 0.4) is 0 Å². The van der Waals surface area contributed by atoms with Gasteiger partial charge in [-0.1, -0.05) is 0 Å². The average Bonchev–Trinajstić information content (AvgIpc) is 2.35. The third-order valence-electron chi connectivity index (χ3n) is 3.08. The number of aliphatic carboxylic acids is 1. The number of urea groups is 1. The van der Waals surface area contributed by atoms with Gasteiger partial charge in [-0.25, -0.2) is 9.59 Å². The highest BCUT2D eigenvalue weighted by molar-refractivity contribution is 5.82. The smallest absolute Gasteiger partial charge is 0.328 e. The number of carboxylic acid groups (broad SMARTS) is 1. The van der Waals surface area contributed by atoms with Crippen molar-refractivity contribution in [2.45, 2.75) is 24.5 Å². The van der Waals surface area contributed by atoms with Gasteiger partial charge in [-0.2, -0.15) is 0 Å². The first-order valence-corrected chi connectivity index (χ1v) is 6.03. The van der Waals surface area contributed by atoms with E-state index in [1.165, 1.54) is 11.9 Å². The van der Waals surface area contributed by atoms with Crippen molar-refractivity contribution < 1.29 is 29.6 Å². The van der Waals surface area contributed by atoms with Gasteiger partial charge in [0.1, 0.15) is 0 Å². The number of likely N-dealkylation sites (N-methyl/N-ethyl adjacent to an activating group) is 1. The largest absolute Gasteiger partial charge is 0.480 e. The van der Waals surface area contributed by atoms with Gasteiger partial charge in [-0.05, 0) is 0 Å². The lowest BCUT2D eigenvalue weighted by molar-refractivity contribution is -0.140. The summed E-state index contributed by atoms with van der Waals surface area (Å²) in [5.41, 5.74) is -1.01. The average molecular weight is 276 g/mol. The van der Waals surface area contributed by atoms with Crippen LogP contribution in [0.15, 0.2) is 0 Å². The number of nitrogens with one attached hydrogen (secondary N) is 1. The van der Waals surface area contributed by atoms with Gasteiger partial charge >= 0.3 is 12.0 Å². The standard InChI is InChI=1S/C11H20N2O6/c1-13(7-11(18)2-4-19-5-3-11)10(17)12-8(6-14)9(15)16/h8,14,18H,2-7H2,1H3,(H,12,17)(H,15,16)/t8-/m0/s1. The molecule has 0 unspecified atom stereocenters. The number of rotatable bonds is 5. The minimum absolute atomic E-state index is 0.0833. The number of carboxylic acids is 1. The van der Waals surface area contributed by atoms with Crippen LogP contribution in [0.2, 0.25) is 0 Å². The second kappa shape index (κ2) is 6.69. The zero-order chi connectivity index (χ0) is 14.5. The Morgan fingerprint density at radius 2 is 2.00 bits per heavy atom. The summed E-state index contributed by atoms with van der Waals surface area (Å²) in [6, 6.07) is -2.00. The fraction of sp³-hybridized carbons (Fsp3) is 0.818. The quantitative estimate of drug-likeness (QED) is 0.491. The van der Waals surface area contributed by atoms with Crippen molar-refractivity contribution in [3.05, 3.63) is 0 Å². The molecule has 0 saturated carbocycles. The van der Waals surface area contributed by atoms with Gasteiger partial charge in [0.2, 0.25) is 0 Å². The van der Waals surface area contributed by atoms with E-state index in [0.717, 1.165) is 0 Å². The van der Waals surface area contributed by atoms with Crippen LogP contribution in [0, 0.1) is 0 Å². The molecule has 1 aliphatic heterocycles. The van der Waals surface area contributed by atoms with Crippen molar-refractivity contribution in [2.75, 3.05) is 33.4 Å². The fourth-order valence-electron chi connectivity index (χ4n) is 1.87. The van der Waals surface area contributed by atoms with E-state index < -0.39 is 30.3 Å². The molecule has 0 bridgehead atoms. The lowest BCUT2D eigenvalue weighted by Gasteiger charge is -2.35. The van der Waals surface area contributed by atoms with Crippen LogP contribution < -0.4 is 5.32 Å². The molecule has 1 fully saturated rings. The summed E-state index contributed by atoms with van der Waals surface area (Å²) < 4.78 is 5.13. The Kier molecular flexibility index (Phi) is 5.52. The molecule has 2 amide bonds. The Morgan fingerprint density at radius 3 is 2.47 bits per heavy atom. The van der Waals surface area contributed by atoms with Gasteiger partial charge in [-0.3, -0.25) is 0 Å². The molecule has 110 valence electrons. The molecular weight excluding hydrogens is 256 g/mol. The van der Waals surface area contributed by atoms with Crippen LogP contribution in [0.1, 0.15) is 12.8 Å². The molecule has 1 rings (SSSR count). The summed E-state index contributed by atoms with van der Waals surface area (Å²) in [7, 11) is 1.46. The van der Waals surface area contributed by atoms with E-state index in [4.69, 9.17) is 14.9 Å². The van der Waals surface area contributed by atoms with Crippen molar-refractivity contribution >= 4 is 12.0 Å². The Morgan fingerprint density at radius 1 is 1.42 bits per heavy atom. The van der Waals surface area contributed by atoms with Crippen molar-refractivity contribution in [1.29, 1.82) is 0 Å². The molecule has 1 atom stereocenters. The Bertz CT molecular complexity index is 329. The molecule has 19 heavy (non-hydrogen) atoms. The highest BCUT2D eigenvalue weighted by Crippen LogP contribution is 2.21. The highest BCUT2D eigenvalue weighted by Gasteiger charge is 2.33. The van der Waals surface area contributed by atoms with Gasteiger partial charge in [-0.15, -0.1) is 0 Å². The molecule has 1 heterocycles. The Labute approximate surface area is 111 Å². The van der Waals surface area contributed by atoms with E-state index in [1.807, 2.05) is 0 Å². The maximum Gasteiger partial charge on any atom is 0.328 e. The van der Waals surface area contributed by atoms with E-state index in [9.17, 15) is 14.7 Å². The number of carbonyl (C=O) groups is 2. The molecule has 0 aliphatic carbocycles. The molecule has 4 N–H and O–H groups in total. The first kappa shape index (κ1) is 15.7. The normalized spacial score (nSPS) is 19.5. The maximum atomic E-state index is 11.7. The van der Waals surface area contributed by atoms with Gasteiger partial charge in [0.05, 0.1) is 18.8 Å². The molecule has 0 aromatic carbocycles. The van der Waals surface area contributed by atoms with Crippen LogP contribution in [0.5, 0.6) is 0 Å². The molecule has 0 aromatic heterocycles. The van der Waals surface area contributed by atoms with Gasteiger partial charge < -0.3 is 30.3 Å². The summed E-state index contributed by atoms with van der Waals surface area (Å²) in [5, 5.41) is 29.9. The maximum absolute atomic E-state index is 11.7. The number of amides is 2. The number of hydrogen-bond donors (Lipinski definition) is 4. The lowest BCUT2D eigenvalue weighted by atomic mass is 9.94. The number of nitrogens with zero attached hydrogens (tertiary/aromatic N) is 1. The molecule has 1 aliphatic rings. The molecule has 8 heteroatoms. The van der Waals surface area contributed by atoms with Crippen LogP contribution >= 0.6 is 0 Å². The van der Waals surface area contributed by atoms with Crippen LogP contribution in [-0.4, -0.2) is 77.3 Å². The second-order valence-electron chi connectivity index (χ2n) is 4.72. The van der Waals surface area contributed by atoms with E-state index in [0.29, 0.717) is 26.1 Å². The first-order chi connectivity index (χ1) is 8.88. The number of aliphatic hydroxyl groups is 2. The molecule has 0 aromatic rings. The van der Waals surface area contributed by atoms with Crippen molar-refractivity contribution in [3.63, 3.8) is 0 Å². The van der Waals surface area contributed by atoms with Crippen LogP contribution in [0.4, 0.5) is 4.79 Å². The number of aliphatic hydroxyl groups excluding tert-OH is 1. The fourth-order valence-corrected chi connectivity index (χ4v) is 1.87. The van der Waals surface area contributed by atoms with Crippen molar-refractivity contribution in [1.82, 2.24) is 10.2 Å². The minimum Gasteiger partial charge on any atom is -0.480 e.